The summed E-state index contributed by atoms with van der Waals surface area (Å²) in [4.78, 5) is 23.6. The predicted octanol–water partition coefficient (Wildman–Crippen LogP) is 4.14. The summed E-state index contributed by atoms with van der Waals surface area (Å²) < 4.78 is 26.3. The molecule has 0 saturated carbocycles. The van der Waals surface area contributed by atoms with Crippen LogP contribution in [-0.4, -0.2) is 63.7 Å². The van der Waals surface area contributed by atoms with Crippen LogP contribution in [0, 0.1) is 0 Å². The first-order valence-corrected chi connectivity index (χ1v) is 16.2. The maximum absolute atomic E-state index is 12.6. The van der Waals surface area contributed by atoms with Gasteiger partial charge in [-0.15, -0.1) is 0 Å². The monoisotopic (exact) mass is 674 g/mol. The average molecular weight is 675 g/mol. The van der Waals surface area contributed by atoms with Crippen molar-refractivity contribution >= 4 is 17.1 Å². The smallest absolute Gasteiger partial charge is 0.280 e. The van der Waals surface area contributed by atoms with E-state index in [1.54, 1.807) is 18.8 Å². The number of hydrogen-bond acceptors (Lipinski definition) is 10. The highest BCUT2D eigenvalue weighted by Gasteiger charge is 2.47. The third-order valence-corrected chi connectivity index (χ3v) is 9.12. The normalized spacial score (nSPS) is 19.1. The summed E-state index contributed by atoms with van der Waals surface area (Å²) in [6.07, 6.45) is -1.28. The molecule has 1 saturated heterocycles. The lowest BCUT2D eigenvalue weighted by Gasteiger charge is -2.37. The topological polar surface area (TPSA) is 159 Å². The second-order valence-electron chi connectivity index (χ2n) is 12.0. The van der Waals surface area contributed by atoms with Gasteiger partial charge in [0, 0.05) is 6.54 Å². The second-order valence-corrected chi connectivity index (χ2v) is 12.0. The zero-order chi connectivity index (χ0) is 34.7. The molecule has 4 aromatic carbocycles. The minimum absolute atomic E-state index is 0.0513. The minimum atomic E-state index is -1.11. The Morgan fingerprint density at radius 3 is 2.06 bits per heavy atom. The first kappa shape index (κ1) is 33.0. The van der Waals surface area contributed by atoms with Crippen LogP contribution in [0.4, 0.5) is 5.95 Å². The molecule has 1 aliphatic rings. The lowest BCUT2D eigenvalue weighted by Crippen LogP contribution is -2.47. The zero-order valence-electron chi connectivity index (χ0n) is 27.6. The molecule has 256 valence electrons. The molecule has 0 spiro atoms. The Balaban J connectivity index is 1.30. The molecule has 12 nitrogen and oxygen atoms in total. The fourth-order valence-electron chi connectivity index (χ4n) is 6.61. The Kier molecular flexibility index (Phi) is 9.33. The van der Waals surface area contributed by atoms with Gasteiger partial charge in [0.25, 0.3) is 5.56 Å². The summed E-state index contributed by atoms with van der Waals surface area (Å²) in [6.45, 7) is 0.515. The Bertz CT molecular complexity index is 2040. The fraction of sp³-hybridized carbons (Fsp3) is 0.237. The van der Waals surface area contributed by atoms with E-state index < -0.39 is 35.6 Å². The minimum Gasteiger partial charge on any atom is -0.497 e. The lowest BCUT2D eigenvalue weighted by molar-refractivity contribution is -0.0867. The summed E-state index contributed by atoms with van der Waals surface area (Å²) in [7, 11) is 3.26. The standard InChI is InChI=1S/C38H38N6O6/c1-47-28-17-13-26(14-18-28)38(25-11-7-4-8-12-25,27-15-19-29(48-2)20-16-27)49-22-30-31(40-21-24-9-5-3-6-10-24)33(45)36(50-30)44-23-41-32-34(44)42-37(39)43-35(32)46/h3-20,23,30-31,33,36,40,45H,21-22H2,1-2H3,(H3,39,42,43,46)/t30-,31-,33-,36-/m1/s1. The number of nitrogens with two attached hydrogens (primary N) is 1. The Morgan fingerprint density at radius 2 is 1.46 bits per heavy atom. The van der Waals surface area contributed by atoms with Crippen LogP contribution in [-0.2, 0) is 21.6 Å². The van der Waals surface area contributed by atoms with Gasteiger partial charge < -0.3 is 35.1 Å². The van der Waals surface area contributed by atoms with E-state index >= 15 is 0 Å². The summed E-state index contributed by atoms with van der Waals surface area (Å²) in [5.41, 5.74) is 8.23. The summed E-state index contributed by atoms with van der Waals surface area (Å²) in [5.74, 6) is 1.35. The van der Waals surface area contributed by atoms with Gasteiger partial charge in [-0.25, -0.2) is 4.98 Å². The number of anilines is 1. The Morgan fingerprint density at radius 1 is 0.880 bits per heavy atom. The van der Waals surface area contributed by atoms with E-state index in [9.17, 15) is 9.90 Å². The number of aromatic amines is 1. The van der Waals surface area contributed by atoms with Crippen molar-refractivity contribution in [3.05, 3.63) is 148 Å². The highest BCUT2D eigenvalue weighted by atomic mass is 16.6. The number of fused-ring (bicyclic) bond motifs is 1. The molecule has 5 N–H and O–H groups in total. The van der Waals surface area contributed by atoms with Crippen molar-refractivity contribution in [1.82, 2.24) is 24.8 Å². The first-order chi connectivity index (χ1) is 24.4. The number of benzene rings is 4. The lowest BCUT2D eigenvalue weighted by atomic mass is 9.80. The number of aliphatic hydroxyl groups excluding tert-OH is 1. The van der Waals surface area contributed by atoms with Crippen LogP contribution >= 0.6 is 0 Å². The molecular weight excluding hydrogens is 636 g/mol. The zero-order valence-corrected chi connectivity index (χ0v) is 27.6. The molecule has 3 heterocycles. The van der Waals surface area contributed by atoms with E-state index in [-0.39, 0.29) is 23.7 Å². The van der Waals surface area contributed by atoms with Gasteiger partial charge in [0.15, 0.2) is 17.4 Å². The van der Waals surface area contributed by atoms with Crippen molar-refractivity contribution in [3.8, 4) is 11.5 Å². The molecule has 1 aliphatic heterocycles. The van der Waals surface area contributed by atoms with Gasteiger partial charge in [-0.2, -0.15) is 4.98 Å². The van der Waals surface area contributed by atoms with Crippen LogP contribution in [0.25, 0.3) is 11.2 Å². The molecule has 12 heteroatoms. The molecule has 1 fully saturated rings. The van der Waals surface area contributed by atoms with Crippen molar-refractivity contribution in [2.24, 2.45) is 0 Å². The van der Waals surface area contributed by atoms with Crippen molar-refractivity contribution in [3.63, 3.8) is 0 Å². The third kappa shape index (κ3) is 6.21. The number of nitrogens with zero attached hydrogens (tertiary/aromatic N) is 3. The molecule has 0 radical (unpaired) electrons. The van der Waals surface area contributed by atoms with E-state index in [2.05, 4.69) is 20.3 Å². The van der Waals surface area contributed by atoms with Gasteiger partial charge >= 0.3 is 0 Å². The van der Waals surface area contributed by atoms with E-state index in [1.807, 2.05) is 109 Å². The molecule has 6 aromatic rings. The first-order valence-electron chi connectivity index (χ1n) is 16.2. The highest BCUT2D eigenvalue weighted by Crippen LogP contribution is 2.43. The van der Waals surface area contributed by atoms with Crippen LogP contribution in [0.3, 0.4) is 0 Å². The number of ether oxygens (including phenoxy) is 4. The second kappa shape index (κ2) is 14.1. The van der Waals surface area contributed by atoms with Crippen LogP contribution < -0.4 is 26.1 Å². The van der Waals surface area contributed by atoms with Crippen LogP contribution in [0.2, 0.25) is 0 Å². The highest BCUT2D eigenvalue weighted by molar-refractivity contribution is 5.70. The van der Waals surface area contributed by atoms with Gasteiger partial charge in [0.2, 0.25) is 5.95 Å². The number of hydrogen-bond donors (Lipinski definition) is 4. The van der Waals surface area contributed by atoms with E-state index in [0.717, 1.165) is 22.3 Å². The van der Waals surface area contributed by atoms with Gasteiger partial charge in [-0.3, -0.25) is 14.3 Å². The van der Waals surface area contributed by atoms with Crippen LogP contribution in [0.1, 0.15) is 28.5 Å². The average Bonchev–Trinajstić information content (AvgIpc) is 3.72. The van der Waals surface area contributed by atoms with Gasteiger partial charge in [-0.1, -0.05) is 84.9 Å². The molecular formula is C38H38N6O6. The van der Waals surface area contributed by atoms with E-state index in [4.69, 9.17) is 24.7 Å². The van der Waals surface area contributed by atoms with Crippen LogP contribution in [0.5, 0.6) is 11.5 Å². The van der Waals surface area contributed by atoms with Gasteiger partial charge in [-0.05, 0) is 46.5 Å². The molecule has 7 rings (SSSR count). The van der Waals surface area contributed by atoms with Crippen molar-refractivity contribution in [2.75, 3.05) is 26.6 Å². The van der Waals surface area contributed by atoms with E-state index in [1.165, 1.54) is 6.33 Å². The van der Waals surface area contributed by atoms with Gasteiger partial charge in [0.05, 0.1) is 33.2 Å². The molecule has 2 aromatic heterocycles. The number of imidazole rings is 1. The molecule has 50 heavy (non-hydrogen) atoms. The number of aromatic nitrogens is 4. The summed E-state index contributed by atoms with van der Waals surface area (Å²) >= 11 is 0. The SMILES string of the molecule is COc1ccc(C(OC[C@H]2O[C@@H](n3cnc4c(=O)[nH]c(N)nc43)[C@H](O)[C@@H]2NCc2ccccc2)(c2ccccc2)c2ccc(OC)cc2)cc1. The molecule has 0 unspecified atom stereocenters. The van der Waals surface area contributed by atoms with Crippen molar-refractivity contribution in [2.45, 2.75) is 36.6 Å². The maximum Gasteiger partial charge on any atom is 0.280 e. The number of aliphatic hydroxyl groups is 1. The Labute approximate surface area is 288 Å². The van der Waals surface area contributed by atoms with Crippen molar-refractivity contribution < 1.29 is 24.1 Å². The molecule has 4 atom stereocenters. The van der Waals surface area contributed by atoms with Crippen molar-refractivity contribution in [1.29, 1.82) is 0 Å². The van der Waals surface area contributed by atoms with Crippen LogP contribution in [0.15, 0.2) is 120 Å². The number of nitrogen functional groups attached to an aromatic ring is 1. The van der Waals surface area contributed by atoms with E-state index in [0.29, 0.717) is 18.0 Å². The quantitative estimate of drug-likeness (QED) is 0.139. The fourth-order valence-corrected chi connectivity index (χ4v) is 6.61. The number of H-pyrrole nitrogens is 1. The summed E-state index contributed by atoms with van der Waals surface area (Å²) in [5, 5.41) is 15.4. The van der Waals surface area contributed by atoms with Gasteiger partial charge in [0.1, 0.15) is 29.3 Å². The third-order valence-electron chi connectivity index (χ3n) is 9.12. The largest absolute Gasteiger partial charge is 0.497 e. The maximum atomic E-state index is 12.6. The Hall–Kier alpha value is -5.53. The molecule has 0 amide bonds. The summed E-state index contributed by atoms with van der Waals surface area (Å²) in [6, 6.07) is 34.8. The number of rotatable bonds is 12. The molecule has 0 aliphatic carbocycles. The number of methoxy groups -OCH3 is 2. The number of nitrogens with one attached hydrogen (secondary N) is 2. The molecule has 0 bridgehead atoms. The predicted molar refractivity (Wildman–Crippen MR) is 188 cm³/mol.